The van der Waals surface area contributed by atoms with E-state index < -0.39 is 0 Å². The first-order chi connectivity index (χ1) is 10.4. The second-order valence-electron chi connectivity index (χ2n) is 6.72. The van der Waals surface area contributed by atoms with Crippen LogP contribution in [0.4, 0.5) is 5.82 Å². The highest BCUT2D eigenvalue weighted by Gasteiger charge is 2.21. The number of carbonyl (C=O) groups excluding carboxylic acids is 1. The smallest absolute Gasteiger partial charge is 0.255 e. The second-order valence-corrected chi connectivity index (χ2v) is 8.24. The zero-order valence-corrected chi connectivity index (χ0v) is 14.9. The van der Waals surface area contributed by atoms with Crippen molar-refractivity contribution in [3.05, 3.63) is 23.9 Å². The van der Waals surface area contributed by atoms with E-state index in [4.69, 9.17) is 0 Å². The molecule has 1 aliphatic rings. The average Bonchev–Trinajstić information content (AvgIpc) is 2.54. The van der Waals surface area contributed by atoms with E-state index in [1.165, 1.54) is 0 Å². The van der Waals surface area contributed by atoms with Gasteiger partial charge in [0, 0.05) is 30.6 Å². The Bertz CT molecular complexity index is 493. The average molecular weight is 321 g/mol. The van der Waals surface area contributed by atoms with Gasteiger partial charge in [0.05, 0.1) is 5.56 Å². The van der Waals surface area contributed by atoms with Gasteiger partial charge in [-0.2, -0.15) is 11.8 Å². The summed E-state index contributed by atoms with van der Waals surface area (Å²) in [6, 6.07) is 3.78. The molecule has 1 saturated heterocycles. The Hall–Kier alpha value is -1.23. The molecule has 0 aliphatic carbocycles. The van der Waals surface area contributed by atoms with Gasteiger partial charge in [0.2, 0.25) is 0 Å². The van der Waals surface area contributed by atoms with Crippen LogP contribution in [0.2, 0.25) is 0 Å². The van der Waals surface area contributed by atoms with Gasteiger partial charge in [-0.1, -0.05) is 6.92 Å². The summed E-state index contributed by atoms with van der Waals surface area (Å²) in [5.41, 5.74) is 0.684. The van der Waals surface area contributed by atoms with Gasteiger partial charge in [-0.05, 0) is 51.0 Å². The molecule has 2 heterocycles. The fourth-order valence-corrected chi connectivity index (χ4v) is 2.61. The molecule has 1 amide bonds. The molecule has 0 radical (unpaired) electrons. The number of likely N-dealkylation sites (tertiary alicyclic amines) is 1. The Labute approximate surface area is 138 Å². The van der Waals surface area contributed by atoms with Crippen LogP contribution < -0.4 is 5.32 Å². The number of nitrogens with zero attached hydrogens (tertiary/aromatic N) is 2. The molecule has 1 N–H and O–H groups in total. The minimum absolute atomic E-state index is 0.107. The number of nitrogens with one attached hydrogen (secondary N) is 1. The van der Waals surface area contributed by atoms with Crippen LogP contribution in [0, 0.1) is 5.92 Å². The van der Waals surface area contributed by atoms with Gasteiger partial charge in [-0.15, -0.1) is 0 Å². The number of pyridine rings is 1. The van der Waals surface area contributed by atoms with Crippen LogP contribution in [0.3, 0.4) is 0 Å². The number of anilines is 1. The zero-order valence-electron chi connectivity index (χ0n) is 14.1. The van der Waals surface area contributed by atoms with Crippen molar-refractivity contribution in [2.24, 2.45) is 5.92 Å². The van der Waals surface area contributed by atoms with Crippen LogP contribution in [0.25, 0.3) is 0 Å². The Morgan fingerprint density at radius 3 is 2.64 bits per heavy atom. The Morgan fingerprint density at radius 1 is 1.41 bits per heavy atom. The highest BCUT2D eigenvalue weighted by Crippen LogP contribution is 2.22. The number of hydrogen-bond acceptors (Lipinski definition) is 4. The molecule has 0 unspecified atom stereocenters. The van der Waals surface area contributed by atoms with Gasteiger partial charge >= 0.3 is 0 Å². The van der Waals surface area contributed by atoms with Crippen molar-refractivity contribution in [1.29, 1.82) is 0 Å². The number of carbonyl (C=O) groups is 1. The standard InChI is InChI=1S/C17H27N3OS/c1-13-7-9-20(10-8-13)16(21)14-5-6-15(18-11-14)19-12-17(2,3)22-4/h5-6,11,13H,7-10,12H2,1-4H3,(H,18,19). The van der Waals surface area contributed by atoms with E-state index in [1.54, 1.807) is 6.20 Å². The van der Waals surface area contributed by atoms with E-state index in [-0.39, 0.29) is 10.7 Å². The maximum Gasteiger partial charge on any atom is 0.255 e. The van der Waals surface area contributed by atoms with Crippen molar-refractivity contribution >= 4 is 23.5 Å². The Morgan fingerprint density at radius 2 is 2.09 bits per heavy atom. The number of thioether (sulfide) groups is 1. The maximum atomic E-state index is 12.4. The first-order valence-corrected chi connectivity index (χ1v) is 9.18. The summed E-state index contributed by atoms with van der Waals surface area (Å²) in [5, 5.41) is 3.33. The summed E-state index contributed by atoms with van der Waals surface area (Å²) >= 11 is 1.82. The highest BCUT2D eigenvalue weighted by molar-refractivity contribution is 7.99. The Kier molecular flexibility index (Phi) is 5.73. The van der Waals surface area contributed by atoms with Crippen molar-refractivity contribution in [3.63, 3.8) is 0 Å². The second kappa shape index (κ2) is 7.36. The molecule has 2 rings (SSSR count). The Balaban J connectivity index is 1.92. The van der Waals surface area contributed by atoms with Crippen LogP contribution in [0.5, 0.6) is 0 Å². The minimum atomic E-state index is 0.107. The van der Waals surface area contributed by atoms with E-state index >= 15 is 0 Å². The number of aromatic nitrogens is 1. The van der Waals surface area contributed by atoms with Crippen LogP contribution in [-0.4, -0.2) is 46.4 Å². The van der Waals surface area contributed by atoms with Gasteiger partial charge in [-0.25, -0.2) is 4.98 Å². The normalized spacial score (nSPS) is 16.6. The molecule has 1 fully saturated rings. The highest BCUT2D eigenvalue weighted by atomic mass is 32.2. The quantitative estimate of drug-likeness (QED) is 0.901. The van der Waals surface area contributed by atoms with Gasteiger partial charge < -0.3 is 10.2 Å². The molecule has 122 valence electrons. The first kappa shape index (κ1) is 17.1. The van der Waals surface area contributed by atoms with E-state index in [2.05, 4.69) is 37.3 Å². The lowest BCUT2D eigenvalue weighted by atomic mass is 9.99. The largest absolute Gasteiger partial charge is 0.369 e. The van der Waals surface area contributed by atoms with Gasteiger partial charge in [0.25, 0.3) is 5.91 Å². The molecular weight excluding hydrogens is 294 g/mol. The molecule has 4 nitrogen and oxygen atoms in total. The third-order valence-corrected chi connectivity index (χ3v) is 5.58. The van der Waals surface area contributed by atoms with Crippen molar-refractivity contribution in [2.75, 3.05) is 31.2 Å². The number of piperidine rings is 1. The van der Waals surface area contributed by atoms with Crippen molar-refractivity contribution in [2.45, 2.75) is 38.4 Å². The SMILES string of the molecule is CSC(C)(C)CNc1ccc(C(=O)N2CCC(C)CC2)cn1. The van der Waals surface area contributed by atoms with E-state index in [9.17, 15) is 4.79 Å². The molecule has 5 heteroatoms. The van der Waals surface area contributed by atoms with E-state index in [1.807, 2.05) is 28.8 Å². The van der Waals surface area contributed by atoms with Crippen molar-refractivity contribution in [1.82, 2.24) is 9.88 Å². The van der Waals surface area contributed by atoms with E-state index in [0.717, 1.165) is 44.2 Å². The first-order valence-electron chi connectivity index (χ1n) is 7.95. The lowest BCUT2D eigenvalue weighted by Crippen LogP contribution is -2.37. The van der Waals surface area contributed by atoms with Crippen LogP contribution in [-0.2, 0) is 0 Å². The van der Waals surface area contributed by atoms with Gasteiger partial charge in [0.15, 0.2) is 0 Å². The van der Waals surface area contributed by atoms with Gasteiger partial charge in [0.1, 0.15) is 5.82 Å². The number of amides is 1. The van der Waals surface area contributed by atoms with Crippen molar-refractivity contribution in [3.8, 4) is 0 Å². The minimum Gasteiger partial charge on any atom is -0.369 e. The number of rotatable bonds is 5. The molecule has 1 aromatic rings. The topological polar surface area (TPSA) is 45.2 Å². The zero-order chi connectivity index (χ0) is 16.2. The summed E-state index contributed by atoms with van der Waals surface area (Å²) in [6.45, 7) is 9.21. The summed E-state index contributed by atoms with van der Waals surface area (Å²) < 4.78 is 0.167. The van der Waals surface area contributed by atoms with Crippen LogP contribution >= 0.6 is 11.8 Å². The summed E-state index contributed by atoms with van der Waals surface area (Å²) in [4.78, 5) is 18.8. The van der Waals surface area contributed by atoms with Crippen molar-refractivity contribution < 1.29 is 4.79 Å². The monoisotopic (exact) mass is 321 g/mol. The third-order valence-electron chi connectivity index (χ3n) is 4.33. The summed E-state index contributed by atoms with van der Waals surface area (Å²) in [6.07, 6.45) is 6.00. The predicted molar refractivity (Wildman–Crippen MR) is 94.6 cm³/mol. The van der Waals surface area contributed by atoms with Crippen LogP contribution in [0.1, 0.15) is 44.0 Å². The molecule has 1 aliphatic heterocycles. The molecule has 0 bridgehead atoms. The molecular formula is C17H27N3OS. The van der Waals surface area contributed by atoms with Crippen LogP contribution in [0.15, 0.2) is 18.3 Å². The molecule has 0 atom stereocenters. The lowest BCUT2D eigenvalue weighted by molar-refractivity contribution is 0.0697. The fraction of sp³-hybridized carbons (Fsp3) is 0.647. The maximum absolute atomic E-state index is 12.4. The molecule has 1 aromatic heterocycles. The predicted octanol–water partition coefficient (Wildman–Crippen LogP) is 3.51. The third kappa shape index (κ3) is 4.63. The molecule has 0 saturated carbocycles. The van der Waals surface area contributed by atoms with Gasteiger partial charge in [-0.3, -0.25) is 4.79 Å². The molecule has 22 heavy (non-hydrogen) atoms. The molecule has 0 aromatic carbocycles. The summed E-state index contributed by atoms with van der Waals surface area (Å²) in [5.74, 6) is 1.66. The van der Waals surface area contributed by atoms with E-state index in [0.29, 0.717) is 5.56 Å². The summed E-state index contributed by atoms with van der Waals surface area (Å²) in [7, 11) is 0. The fourth-order valence-electron chi connectivity index (χ4n) is 2.39. The molecule has 0 spiro atoms. The number of hydrogen-bond donors (Lipinski definition) is 1. The lowest BCUT2D eigenvalue weighted by Gasteiger charge is -2.30.